The van der Waals surface area contributed by atoms with E-state index in [0.717, 1.165) is 16.8 Å². The Morgan fingerprint density at radius 2 is 1.91 bits per heavy atom. The van der Waals surface area contributed by atoms with Gasteiger partial charge in [-0.2, -0.15) is 15.2 Å². The molecule has 160 valence electrons. The van der Waals surface area contributed by atoms with E-state index in [1.165, 1.54) is 16.3 Å². The van der Waals surface area contributed by atoms with Gasteiger partial charge in [-0.1, -0.05) is 60.2 Å². The van der Waals surface area contributed by atoms with Crippen molar-refractivity contribution in [1.82, 2.24) is 4.98 Å². The van der Waals surface area contributed by atoms with Crippen LogP contribution in [-0.2, 0) is 4.79 Å². The SMILES string of the molecule is C/C=C\C=C(/C)C1=NN(c2nc(-c3ccccc3)cs2)C(=O)/C1=N/Nc1ccc(Cl)cc1. The van der Waals surface area contributed by atoms with Crippen molar-refractivity contribution in [1.29, 1.82) is 0 Å². The zero-order chi connectivity index (χ0) is 22.5. The van der Waals surface area contributed by atoms with Crippen molar-refractivity contribution in [2.75, 3.05) is 10.4 Å². The van der Waals surface area contributed by atoms with Gasteiger partial charge in [0.25, 0.3) is 0 Å². The second kappa shape index (κ2) is 9.72. The van der Waals surface area contributed by atoms with Gasteiger partial charge in [-0.3, -0.25) is 10.2 Å². The number of carbonyl (C=O) groups excluding carboxylic acids is 1. The normalized spacial score (nSPS) is 15.7. The van der Waals surface area contributed by atoms with Gasteiger partial charge in [0.2, 0.25) is 5.13 Å². The van der Waals surface area contributed by atoms with E-state index in [4.69, 9.17) is 11.6 Å². The van der Waals surface area contributed by atoms with E-state index in [-0.39, 0.29) is 11.6 Å². The first-order valence-corrected chi connectivity index (χ1v) is 11.2. The summed E-state index contributed by atoms with van der Waals surface area (Å²) in [5.41, 5.74) is 6.93. The molecule has 2 heterocycles. The predicted molar refractivity (Wildman–Crippen MR) is 134 cm³/mol. The molecule has 0 fully saturated rings. The van der Waals surface area contributed by atoms with E-state index < -0.39 is 0 Å². The van der Waals surface area contributed by atoms with Crippen LogP contribution in [0, 0.1) is 0 Å². The van der Waals surface area contributed by atoms with Gasteiger partial charge in [0.15, 0.2) is 5.71 Å². The van der Waals surface area contributed by atoms with E-state index in [2.05, 4.69) is 20.6 Å². The third-order valence-electron chi connectivity index (χ3n) is 4.62. The molecule has 0 bridgehead atoms. The summed E-state index contributed by atoms with van der Waals surface area (Å²) in [5, 5.41) is 13.3. The maximum absolute atomic E-state index is 13.3. The van der Waals surface area contributed by atoms with Gasteiger partial charge in [0.05, 0.1) is 11.4 Å². The smallest absolute Gasteiger partial charge is 0.278 e. The summed E-state index contributed by atoms with van der Waals surface area (Å²) < 4.78 is 0. The highest BCUT2D eigenvalue weighted by molar-refractivity contribution is 7.14. The summed E-state index contributed by atoms with van der Waals surface area (Å²) in [6, 6.07) is 16.9. The van der Waals surface area contributed by atoms with E-state index in [9.17, 15) is 4.79 Å². The number of nitrogens with one attached hydrogen (secondary N) is 1. The molecular formula is C24H20ClN5OS. The second-order valence-electron chi connectivity index (χ2n) is 6.90. The fourth-order valence-corrected chi connectivity index (χ4v) is 3.86. The van der Waals surface area contributed by atoms with Gasteiger partial charge in [-0.25, -0.2) is 4.98 Å². The fraction of sp³-hybridized carbons (Fsp3) is 0.0833. The van der Waals surface area contributed by atoms with Crippen molar-refractivity contribution in [3.63, 3.8) is 0 Å². The van der Waals surface area contributed by atoms with E-state index in [0.29, 0.717) is 21.6 Å². The molecule has 0 atom stereocenters. The minimum absolute atomic E-state index is 0.217. The lowest BCUT2D eigenvalue weighted by Crippen LogP contribution is -2.28. The topological polar surface area (TPSA) is 70.0 Å². The number of benzene rings is 2. The Kier molecular flexibility index (Phi) is 6.58. The monoisotopic (exact) mass is 461 g/mol. The van der Waals surface area contributed by atoms with Crippen LogP contribution in [0.2, 0.25) is 5.02 Å². The lowest BCUT2D eigenvalue weighted by Gasteiger charge is -2.06. The number of halogens is 1. The lowest BCUT2D eigenvalue weighted by molar-refractivity contribution is -0.112. The van der Waals surface area contributed by atoms with Crippen LogP contribution in [0.5, 0.6) is 0 Å². The molecule has 0 unspecified atom stereocenters. The number of amides is 1. The molecule has 32 heavy (non-hydrogen) atoms. The highest BCUT2D eigenvalue weighted by Crippen LogP contribution is 2.30. The van der Waals surface area contributed by atoms with Crippen LogP contribution in [0.15, 0.2) is 94.0 Å². The number of thiazole rings is 1. The molecule has 0 spiro atoms. The summed E-state index contributed by atoms with van der Waals surface area (Å²) in [6.07, 6.45) is 5.70. The minimum Gasteiger partial charge on any atom is -0.278 e. The summed E-state index contributed by atoms with van der Waals surface area (Å²) in [6.45, 7) is 3.82. The number of carbonyl (C=O) groups is 1. The summed E-state index contributed by atoms with van der Waals surface area (Å²) in [7, 11) is 0. The largest absolute Gasteiger partial charge is 0.303 e. The van der Waals surface area contributed by atoms with Crippen LogP contribution >= 0.6 is 22.9 Å². The van der Waals surface area contributed by atoms with Crippen LogP contribution in [0.3, 0.4) is 0 Å². The molecule has 0 radical (unpaired) electrons. The molecule has 8 heteroatoms. The Bertz CT molecular complexity index is 1240. The molecule has 0 aliphatic carbocycles. The third-order valence-corrected chi connectivity index (χ3v) is 5.68. The van der Waals surface area contributed by atoms with E-state index in [1.54, 1.807) is 24.3 Å². The number of allylic oxidation sites excluding steroid dienone is 4. The van der Waals surface area contributed by atoms with Crippen molar-refractivity contribution >= 4 is 51.1 Å². The van der Waals surface area contributed by atoms with E-state index in [1.807, 2.05) is 67.8 Å². The van der Waals surface area contributed by atoms with Gasteiger partial charge in [-0.15, -0.1) is 11.3 Å². The second-order valence-corrected chi connectivity index (χ2v) is 8.17. The van der Waals surface area contributed by atoms with Gasteiger partial charge < -0.3 is 0 Å². The maximum atomic E-state index is 13.3. The number of aromatic nitrogens is 1. The first kappa shape index (κ1) is 21.7. The average Bonchev–Trinajstić information content (AvgIpc) is 3.42. The molecule has 0 saturated heterocycles. The van der Waals surface area contributed by atoms with E-state index >= 15 is 0 Å². The van der Waals surface area contributed by atoms with Crippen molar-refractivity contribution in [2.24, 2.45) is 10.2 Å². The summed E-state index contributed by atoms with van der Waals surface area (Å²) in [5.74, 6) is -0.344. The van der Waals surface area contributed by atoms with Gasteiger partial charge in [0.1, 0.15) is 5.71 Å². The zero-order valence-electron chi connectivity index (χ0n) is 17.5. The van der Waals surface area contributed by atoms with Crippen molar-refractivity contribution in [3.8, 4) is 11.3 Å². The van der Waals surface area contributed by atoms with Crippen LogP contribution in [0.4, 0.5) is 10.8 Å². The Hall–Kier alpha value is -3.55. The number of anilines is 2. The first-order chi connectivity index (χ1) is 15.6. The average molecular weight is 462 g/mol. The maximum Gasteiger partial charge on any atom is 0.303 e. The molecule has 6 nitrogen and oxygen atoms in total. The Labute approximate surface area is 195 Å². The molecule has 2 aromatic carbocycles. The first-order valence-electron chi connectivity index (χ1n) is 9.90. The van der Waals surface area contributed by atoms with Crippen molar-refractivity contribution in [2.45, 2.75) is 13.8 Å². The fourth-order valence-electron chi connectivity index (χ4n) is 2.96. The summed E-state index contributed by atoms with van der Waals surface area (Å²) >= 11 is 7.30. The predicted octanol–water partition coefficient (Wildman–Crippen LogP) is 6.16. The van der Waals surface area contributed by atoms with Crippen LogP contribution < -0.4 is 10.4 Å². The molecule has 4 rings (SSSR count). The lowest BCUT2D eigenvalue weighted by atomic mass is 10.1. The highest BCUT2D eigenvalue weighted by Gasteiger charge is 2.35. The quantitative estimate of drug-likeness (QED) is 0.353. The number of nitrogens with zero attached hydrogens (tertiary/aromatic N) is 4. The van der Waals surface area contributed by atoms with Gasteiger partial charge >= 0.3 is 5.91 Å². The molecular weight excluding hydrogens is 442 g/mol. The molecule has 1 aliphatic heterocycles. The Balaban J connectivity index is 1.67. The molecule has 0 saturated carbocycles. The molecule has 1 N–H and O–H groups in total. The highest BCUT2D eigenvalue weighted by atomic mass is 35.5. The molecule has 1 aliphatic rings. The van der Waals surface area contributed by atoms with Gasteiger partial charge in [0, 0.05) is 16.0 Å². The number of hydrazone groups is 2. The number of rotatable bonds is 6. The minimum atomic E-state index is -0.344. The Morgan fingerprint density at radius 3 is 2.62 bits per heavy atom. The van der Waals surface area contributed by atoms with Crippen LogP contribution in [0.25, 0.3) is 11.3 Å². The molecule has 3 aromatic rings. The number of hydrogen-bond donors (Lipinski definition) is 1. The molecule has 1 amide bonds. The number of hydrogen-bond acceptors (Lipinski definition) is 6. The standard InChI is InChI=1S/C24H20ClN5OS/c1-3-4-8-16(2)21-22(28-27-19-13-11-18(25)12-14-19)23(31)30(29-21)24-26-20(15-32-24)17-9-6-5-7-10-17/h3-15,27H,1-2H3/b4-3-,16-8+,28-22+. The zero-order valence-corrected chi connectivity index (χ0v) is 19.1. The summed E-state index contributed by atoms with van der Waals surface area (Å²) in [4.78, 5) is 17.9. The third kappa shape index (κ3) is 4.69. The van der Waals surface area contributed by atoms with Gasteiger partial charge in [-0.05, 0) is 43.7 Å². The van der Waals surface area contributed by atoms with Crippen molar-refractivity contribution < 1.29 is 4.79 Å². The van der Waals surface area contributed by atoms with Crippen LogP contribution in [0.1, 0.15) is 13.8 Å². The van der Waals surface area contributed by atoms with Crippen molar-refractivity contribution in [3.05, 3.63) is 88.8 Å². The molecule has 1 aromatic heterocycles. The van der Waals surface area contributed by atoms with Crippen LogP contribution in [-0.4, -0.2) is 22.3 Å². The Morgan fingerprint density at radius 1 is 1.16 bits per heavy atom.